The van der Waals surface area contributed by atoms with E-state index in [1.54, 1.807) is 0 Å². The van der Waals surface area contributed by atoms with Gasteiger partial charge < -0.3 is 5.11 Å². The molecule has 1 N–H and O–H groups in total. The van der Waals surface area contributed by atoms with Gasteiger partial charge in [-0.1, -0.05) is 40.7 Å². The summed E-state index contributed by atoms with van der Waals surface area (Å²) in [6, 6.07) is 9.40. The molecule has 0 aliphatic rings. The van der Waals surface area contributed by atoms with Gasteiger partial charge in [0.05, 0.1) is 4.88 Å². The summed E-state index contributed by atoms with van der Waals surface area (Å²) in [5.74, 6) is -0.124. The standard InChI is InChI=1S/C9H6O2S2/c10-7-8(12-13-9(7)11)6-4-2-1-3-5-6/h1-5,10H. The molecule has 0 aliphatic carbocycles. The van der Waals surface area contributed by atoms with Crippen molar-refractivity contribution in [2.45, 2.75) is 0 Å². The Morgan fingerprint density at radius 2 is 1.77 bits per heavy atom. The van der Waals surface area contributed by atoms with Gasteiger partial charge >= 0.3 is 0 Å². The first-order valence-electron chi connectivity index (χ1n) is 3.66. The molecule has 0 unspecified atom stereocenters. The zero-order valence-electron chi connectivity index (χ0n) is 6.56. The zero-order chi connectivity index (χ0) is 9.26. The zero-order valence-corrected chi connectivity index (χ0v) is 8.19. The Kier molecular flexibility index (Phi) is 2.16. The molecule has 1 aromatic heterocycles. The van der Waals surface area contributed by atoms with Gasteiger partial charge in [0, 0.05) is 0 Å². The molecule has 4 heteroatoms. The lowest BCUT2D eigenvalue weighted by Gasteiger charge is -1.94. The number of hydrogen-bond donors (Lipinski definition) is 1. The number of rotatable bonds is 1. The smallest absolute Gasteiger partial charge is 0.285 e. The Morgan fingerprint density at radius 3 is 2.31 bits per heavy atom. The molecule has 2 aromatic rings. The first-order valence-corrected chi connectivity index (χ1v) is 5.81. The molecule has 2 rings (SSSR count). The third kappa shape index (κ3) is 1.50. The Hall–Kier alpha value is -1.13. The fraction of sp³-hybridized carbons (Fsp3) is 0. The SMILES string of the molecule is O=c1ssc(-c2ccccc2)c1O. The van der Waals surface area contributed by atoms with Crippen molar-refractivity contribution in [1.29, 1.82) is 0 Å². The molecule has 0 saturated heterocycles. The van der Waals surface area contributed by atoms with Crippen molar-refractivity contribution in [1.82, 2.24) is 0 Å². The van der Waals surface area contributed by atoms with Crippen LogP contribution in [-0.4, -0.2) is 5.11 Å². The van der Waals surface area contributed by atoms with Gasteiger partial charge in [-0.05, 0) is 15.9 Å². The minimum Gasteiger partial charge on any atom is -0.502 e. The predicted octanol–water partition coefficient (Wildman–Crippen LogP) is 2.54. The minimum absolute atomic E-state index is 0.124. The van der Waals surface area contributed by atoms with Gasteiger partial charge in [-0.25, -0.2) is 0 Å². The normalized spacial score (nSPS) is 10.2. The largest absolute Gasteiger partial charge is 0.502 e. The molecule has 0 atom stereocenters. The van der Waals surface area contributed by atoms with E-state index in [9.17, 15) is 9.90 Å². The van der Waals surface area contributed by atoms with Crippen LogP contribution in [0.25, 0.3) is 10.4 Å². The topological polar surface area (TPSA) is 37.3 Å². The first kappa shape index (κ1) is 8.47. The van der Waals surface area contributed by atoms with Gasteiger partial charge in [0.25, 0.3) is 4.74 Å². The van der Waals surface area contributed by atoms with Crippen LogP contribution in [0.1, 0.15) is 0 Å². The molecule has 13 heavy (non-hydrogen) atoms. The van der Waals surface area contributed by atoms with Crippen molar-refractivity contribution in [2.75, 3.05) is 0 Å². The van der Waals surface area contributed by atoms with Crippen LogP contribution in [0.2, 0.25) is 0 Å². The molecule has 1 heterocycles. The third-order valence-corrected chi connectivity index (χ3v) is 3.87. The number of aromatic hydroxyl groups is 1. The summed E-state index contributed by atoms with van der Waals surface area (Å²) < 4.78 is -0.260. The molecule has 0 fully saturated rings. The summed E-state index contributed by atoms with van der Waals surface area (Å²) in [5.41, 5.74) is 0.892. The lowest BCUT2D eigenvalue weighted by Crippen LogP contribution is -1.86. The molecule has 66 valence electrons. The summed E-state index contributed by atoms with van der Waals surface area (Å²) in [6.45, 7) is 0. The van der Waals surface area contributed by atoms with Gasteiger partial charge in [0.15, 0.2) is 5.75 Å². The second-order valence-corrected chi connectivity index (χ2v) is 4.61. The molecule has 0 saturated carbocycles. The lowest BCUT2D eigenvalue weighted by atomic mass is 10.2. The van der Waals surface area contributed by atoms with E-state index in [4.69, 9.17) is 0 Å². The molecule has 1 aromatic carbocycles. The molecule has 0 bridgehead atoms. The average Bonchev–Trinajstić information content (AvgIpc) is 2.49. The molecule has 2 nitrogen and oxygen atoms in total. The molecule has 0 amide bonds. The fourth-order valence-electron chi connectivity index (χ4n) is 1.03. The summed E-state index contributed by atoms with van der Waals surface area (Å²) in [5, 5.41) is 9.40. The quantitative estimate of drug-likeness (QED) is 0.734. The highest BCUT2D eigenvalue weighted by atomic mass is 32.9. The molecule has 0 spiro atoms. The van der Waals surface area contributed by atoms with Gasteiger partial charge in [0.2, 0.25) is 0 Å². The van der Waals surface area contributed by atoms with Gasteiger partial charge in [0.1, 0.15) is 0 Å². The predicted molar refractivity (Wildman–Crippen MR) is 55.6 cm³/mol. The van der Waals surface area contributed by atoms with Crippen molar-refractivity contribution in [3.05, 3.63) is 39.9 Å². The van der Waals surface area contributed by atoms with Crippen LogP contribution < -0.4 is 4.74 Å². The second-order valence-electron chi connectivity index (χ2n) is 2.50. The van der Waals surface area contributed by atoms with Crippen LogP contribution in [0.3, 0.4) is 0 Å². The van der Waals surface area contributed by atoms with Crippen LogP contribution in [0, 0.1) is 0 Å². The molecular weight excluding hydrogens is 204 g/mol. The summed E-state index contributed by atoms with van der Waals surface area (Å²) in [6.07, 6.45) is 0. The van der Waals surface area contributed by atoms with Gasteiger partial charge in [-0.15, -0.1) is 0 Å². The highest BCUT2D eigenvalue weighted by molar-refractivity contribution is 7.70. The van der Waals surface area contributed by atoms with Crippen molar-refractivity contribution < 1.29 is 5.11 Å². The summed E-state index contributed by atoms with van der Waals surface area (Å²) in [4.78, 5) is 11.7. The number of hydrogen-bond acceptors (Lipinski definition) is 4. The van der Waals surface area contributed by atoms with E-state index in [2.05, 4.69) is 0 Å². The van der Waals surface area contributed by atoms with E-state index in [-0.39, 0.29) is 10.5 Å². The highest BCUT2D eigenvalue weighted by Gasteiger charge is 2.10. The van der Waals surface area contributed by atoms with Gasteiger partial charge in [-0.2, -0.15) is 0 Å². The van der Waals surface area contributed by atoms with Crippen molar-refractivity contribution >= 4 is 20.7 Å². The third-order valence-electron chi connectivity index (χ3n) is 1.65. The van der Waals surface area contributed by atoms with Crippen molar-refractivity contribution in [2.24, 2.45) is 0 Å². The minimum atomic E-state index is -0.260. The second kappa shape index (κ2) is 3.32. The molecular formula is C9H6O2S2. The Labute approximate surface area is 82.1 Å². The van der Waals surface area contributed by atoms with Crippen LogP contribution in [-0.2, 0) is 0 Å². The monoisotopic (exact) mass is 210 g/mol. The van der Waals surface area contributed by atoms with Gasteiger partial charge in [-0.3, -0.25) is 4.79 Å². The van der Waals surface area contributed by atoms with Crippen LogP contribution in [0.4, 0.5) is 0 Å². The Morgan fingerprint density at radius 1 is 1.08 bits per heavy atom. The maximum atomic E-state index is 11.0. The fourth-order valence-corrected chi connectivity index (χ4v) is 3.07. The summed E-state index contributed by atoms with van der Waals surface area (Å²) in [7, 11) is 2.37. The van der Waals surface area contributed by atoms with Crippen LogP contribution in [0.5, 0.6) is 5.75 Å². The van der Waals surface area contributed by atoms with Crippen LogP contribution in [0.15, 0.2) is 35.1 Å². The van der Waals surface area contributed by atoms with E-state index in [1.165, 1.54) is 10.3 Å². The van der Waals surface area contributed by atoms with Crippen molar-refractivity contribution in [3.63, 3.8) is 0 Å². The van der Waals surface area contributed by atoms with E-state index in [0.717, 1.165) is 15.9 Å². The maximum absolute atomic E-state index is 11.0. The van der Waals surface area contributed by atoms with E-state index in [0.29, 0.717) is 4.88 Å². The van der Waals surface area contributed by atoms with E-state index < -0.39 is 0 Å². The molecule has 0 aliphatic heterocycles. The number of benzene rings is 1. The van der Waals surface area contributed by atoms with Crippen LogP contribution >= 0.6 is 20.7 Å². The van der Waals surface area contributed by atoms with E-state index >= 15 is 0 Å². The Balaban J connectivity index is 2.60. The molecule has 0 radical (unpaired) electrons. The average molecular weight is 210 g/mol. The first-order chi connectivity index (χ1) is 6.29. The summed E-state index contributed by atoms with van der Waals surface area (Å²) >= 11 is 0. The highest BCUT2D eigenvalue weighted by Crippen LogP contribution is 2.33. The van der Waals surface area contributed by atoms with Crippen molar-refractivity contribution in [3.8, 4) is 16.2 Å². The Bertz CT molecular complexity index is 456. The maximum Gasteiger partial charge on any atom is 0.285 e. The lowest BCUT2D eigenvalue weighted by molar-refractivity contribution is 0.476. The van der Waals surface area contributed by atoms with E-state index in [1.807, 2.05) is 30.3 Å².